The van der Waals surface area contributed by atoms with Crippen molar-refractivity contribution in [2.75, 3.05) is 7.11 Å². The number of piperidine rings is 1. The first-order valence-electron chi connectivity index (χ1n) is 8.66. The van der Waals surface area contributed by atoms with Gasteiger partial charge in [-0.2, -0.15) is 0 Å². The number of hydrogen-bond acceptors (Lipinski definition) is 6. The van der Waals surface area contributed by atoms with E-state index in [4.69, 9.17) is 9.47 Å². The third-order valence-electron chi connectivity index (χ3n) is 4.72. The van der Waals surface area contributed by atoms with Gasteiger partial charge >= 0.3 is 0 Å². The van der Waals surface area contributed by atoms with Crippen LogP contribution in [0.3, 0.4) is 0 Å². The van der Waals surface area contributed by atoms with Gasteiger partial charge in [-0.25, -0.2) is 0 Å². The van der Waals surface area contributed by atoms with E-state index in [0.29, 0.717) is 11.5 Å². The highest BCUT2D eigenvalue weighted by Gasteiger charge is 2.46. The lowest BCUT2D eigenvalue weighted by atomic mass is 10.0. The largest absolute Gasteiger partial charge is 0.497 e. The van der Waals surface area contributed by atoms with Crippen molar-refractivity contribution in [1.82, 2.24) is 10.2 Å². The lowest BCUT2D eigenvalue weighted by Crippen LogP contribution is -2.54. The predicted molar refractivity (Wildman–Crippen MR) is 96.2 cm³/mol. The molecule has 0 radical (unpaired) electrons. The van der Waals surface area contributed by atoms with E-state index in [1.165, 1.54) is 6.07 Å². The molecular formula is C20H16N2O6. The second-order valence-electron chi connectivity index (χ2n) is 6.40. The third kappa shape index (κ3) is 2.88. The number of carbonyl (C=O) groups excluding carboxylic acids is 4. The molecule has 0 aromatic heterocycles. The quantitative estimate of drug-likeness (QED) is 0.813. The maximum Gasteiger partial charge on any atom is 0.266 e. The molecule has 2 aromatic rings. The number of fused-ring (bicyclic) bond motifs is 1. The minimum atomic E-state index is -1.01. The van der Waals surface area contributed by atoms with Crippen LogP contribution in [-0.2, 0) is 9.59 Å². The van der Waals surface area contributed by atoms with Gasteiger partial charge < -0.3 is 9.47 Å². The summed E-state index contributed by atoms with van der Waals surface area (Å²) in [5.74, 6) is -0.913. The number of nitrogens with one attached hydrogen (secondary N) is 1. The van der Waals surface area contributed by atoms with E-state index in [1.807, 2.05) is 0 Å². The number of benzene rings is 2. The maximum absolute atomic E-state index is 13.0. The summed E-state index contributed by atoms with van der Waals surface area (Å²) in [5.41, 5.74) is 0.272. The van der Waals surface area contributed by atoms with Gasteiger partial charge in [0, 0.05) is 6.42 Å². The normalized spacial score (nSPS) is 18.8. The molecule has 0 saturated carbocycles. The summed E-state index contributed by atoms with van der Waals surface area (Å²) >= 11 is 0. The van der Waals surface area contributed by atoms with Gasteiger partial charge in [0.2, 0.25) is 11.8 Å². The Morgan fingerprint density at radius 2 is 1.68 bits per heavy atom. The summed E-state index contributed by atoms with van der Waals surface area (Å²) in [7, 11) is 1.55. The average molecular weight is 380 g/mol. The fourth-order valence-corrected chi connectivity index (χ4v) is 3.34. The topological polar surface area (TPSA) is 102 Å². The minimum Gasteiger partial charge on any atom is -0.497 e. The molecular weight excluding hydrogens is 364 g/mol. The maximum atomic E-state index is 13.0. The summed E-state index contributed by atoms with van der Waals surface area (Å²) in [4.78, 5) is 50.2. The molecule has 28 heavy (non-hydrogen) atoms. The zero-order valence-corrected chi connectivity index (χ0v) is 14.9. The zero-order chi connectivity index (χ0) is 19.8. The van der Waals surface area contributed by atoms with Gasteiger partial charge in [-0.15, -0.1) is 0 Å². The van der Waals surface area contributed by atoms with Gasteiger partial charge in [-0.1, -0.05) is 6.07 Å². The van der Waals surface area contributed by atoms with Crippen LogP contribution in [0.4, 0.5) is 0 Å². The fraction of sp³-hybridized carbons (Fsp3) is 0.200. The van der Waals surface area contributed by atoms with Crippen LogP contribution in [0.15, 0.2) is 42.5 Å². The van der Waals surface area contributed by atoms with Crippen LogP contribution >= 0.6 is 0 Å². The van der Waals surface area contributed by atoms with E-state index in [2.05, 4.69) is 5.32 Å². The van der Waals surface area contributed by atoms with Crippen molar-refractivity contribution in [3.63, 3.8) is 0 Å². The smallest absolute Gasteiger partial charge is 0.266 e. The summed E-state index contributed by atoms with van der Waals surface area (Å²) in [6, 6.07) is 10.5. The Labute approximate surface area is 160 Å². The molecule has 4 rings (SSSR count). The summed E-state index contributed by atoms with van der Waals surface area (Å²) in [5, 5.41) is 2.17. The molecule has 4 amide bonds. The van der Waals surface area contributed by atoms with Gasteiger partial charge in [0.15, 0.2) is 0 Å². The molecule has 2 aliphatic rings. The van der Waals surface area contributed by atoms with Gasteiger partial charge in [0.25, 0.3) is 11.8 Å². The van der Waals surface area contributed by atoms with Gasteiger partial charge in [-0.3, -0.25) is 29.4 Å². The number of hydrogen-bond donors (Lipinski definition) is 1. The summed E-state index contributed by atoms with van der Waals surface area (Å²) in [6.07, 6.45) is 0.170. The molecule has 0 spiro atoms. The van der Waals surface area contributed by atoms with Crippen molar-refractivity contribution in [2.45, 2.75) is 18.9 Å². The molecule has 8 heteroatoms. The van der Waals surface area contributed by atoms with Gasteiger partial charge in [-0.05, 0) is 42.8 Å². The lowest BCUT2D eigenvalue weighted by Gasteiger charge is -2.27. The highest BCUT2D eigenvalue weighted by molar-refractivity contribution is 6.24. The second kappa shape index (κ2) is 6.80. The number of amides is 4. The number of imide groups is 2. The van der Waals surface area contributed by atoms with Crippen LogP contribution < -0.4 is 14.8 Å². The van der Waals surface area contributed by atoms with Crippen molar-refractivity contribution in [3.05, 3.63) is 53.6 Å². The second-order valence-corrected chi connectivity index (χ2v) is 6.40. The Morgan fingerprint density at radius 3 is 2.36 bits per heavy atom. The number of carbonyl (C=O) groups is 4. The Morgan fingerprint density at radius 1 is 0.964 bits per heavy atom. The third-order valence-corrected chi connectivity index (χ3v) is 4.72. The Bertz CT molecular complexity index is 998. The standard InChI is InChI=1S/C20H16N2O6/c1-27-11-5-7-12(8-6-11)28-15-4-2-3-13-17(15)20(26)22(19(13)25)14-9-10-16(23)21-18(14)24/h2-8,14H,9-10H2,1H3,(H,21,23,24). The molecule has 1 atom stereocenters. The molecule has 0 aliphatic carbocycles. The molecule has 8 nitrogen and oxygen atoms in total. The van der Waals surface area contributed by atoms with Gasteiger partial charge in [0.05, 0.1) is 18.2 Å². The molecule has 2 aromatic carbocycles. The Kier molecular flexibility index (Phi) is 4.31. The molecule has 1 fully saturated rings. The number of ether oxygens (including phenoxy) is 2. The van der Waals surface area contributed by atoms with Crippen molar-refractivity contribution in [3.8, 4) is 17.2 Å². The fourth-order valence-electron chi connectivity index (χ4n) is 3.34. The van der Waals surface area contributed by atoms with Crippen molar-refractivity contribution in [2.24, 2.45) is 0 Å². The number of rotatable bonds is 4. The number of methoxy groups -OCH3 is 1. The van der Waals surface area contributed by atoms with E-state index in [-0.39, 0.29) is 29.7 Å². The highest BCUT2D eigenvalue weighted by Crippen LogP contribution is 2.36. The summed E-state index contributed by atoms with van der Waals surface area (Å²) < 4.78 is 10.9. The molecule has 1 N–H and O–H groups in total. The lowest BCUT2D eigenvalue weighted by molar-refractivity contribution is -0.136. The van der Waals surface area contributed by atoms with E-state index in [9.17, 15) is 19.2 Å². The van der Waals surface area contributed by atoms with Crippen LogP contribution in [0.25, 0.3) is 0 Å². The summed E-state index contributed by atoms with van der Waals surface area (Å²) in [6.45, 7) is 0. The average Bonchev–Trinajstić information content (AvgIpc) is 2.94. The van der Waals surface area contributed by atoms with Crippen LogP contribution in [0, 0.1) is 0 Å². The molecule has 0 bridgehead atoms. The first kappa shape index (κ1) is 17.7. The first-order chi connectivity index (χ1) is 13.5. The van der Waals surface area contributed by atoms with Crippen molar-refractivity contribution >= 4 is 23.6 Å². The van der Waals surface area contributed by atoms with E-state index >= 15 is 0 Å². The first-order valence-corrected chi connectivity index (χ1v) is 8.66. The van der Waals surface area contributed by atoms with Crippen molar-refractivity contribution in [1.29, 1.82) is 0 Å². The number of nitrogens with zero attached hydrogens (tertiary/aromatic N) is 1. The van der Waals surface area contributed by atoms with E-state index in [0.717, 1.165) is 4.90 Å². The molecule has 142 valence electrons. The Balaban J connectivity index is 1.65. The monoisotopic (exact) mass is 380 g/mol. The highest BCUT2D eigenvalue weighted by atomic mass is 16.5. The molecule has 1 unspecified atom stereocenters. The van der Waals surface area contributed by atoms with Crippen LogP contribution in [0.1, 0.15) is 33.6 Å². The van der Waals surface area contributed by atoms with Gasteiger partial charge in [0.1, 0.15) is 23.3 Å². The minimum absolute atomic E-state index is 0.0685. The molecule has 2 aliphatic heterocycles. The molecule has 1 saturated heterocycles. The van der Waals surface area contributed by atoms with E-state index in [1.54, 1.807) is 43.5 Å². The Hall–Kier alpha value is -3.68. The molecule has 2 heterocycles. The van der Waals surface area contributed by atoms with Crippen molar-refractivity contribution < 1.29 is 28.7 Å². The van der Waals surface area contributed by atoms with Crippen LogP contribution in [0.2, 0.25) is 0 Å². The predicted octanol–water partition coefficient (Wildman–Crippen LogP) is 1.89. The van der Waals surface area contributed by atoms with Crippen LogP contribution in [0.5, 0.6) is 17.2 Å². The SMILES string of the molecule is COc1ccc(Oc2cccc3c2C(=O)N(C2CCC(=O)NC2=O)C3=O)cc1. The van der Waals surface area contributed by atoms with E-state index < -0.39 is 29.7 Å². The van der Waals surface area contributed by atoms with Crippen LogP contribution in [-0.4, -0.2) is 41.7 Å². The zero-order valence-electron chi connectivity index (χ0n) is 14.9.